The maximum absolute atomic E-state index is 6.19. The van der Waals surface area contributed by atoms with Crippen LogP contribution in [0.3, 0.4) is 0 Å². The van der Waals surface area contributed by atoms with Crippen LogP contribution in [0.4, 0.5) is 0 Å². The first-order valence-corrected chi connectivity index (χ1v) is 7.42. The van der Waals surface area contributed by atoms with Gasteiger partial charge in [-0.15, -0.1) is 0 Å². The number of hydrogen-bond acceptors (Lipinski definition) is 3. The fourth-order valence-corrected chi connectivity index (χ4v) is 2.15. The summed E-state index contributed by atoms with van der Waals surface area (Å²) in [6.07, 6.45) is 0. The van der Waals surface area contributed by atoms with E-state index in [9.17, 15) is 0 Å². The molecular formula is C18H25NO2. The molecule has 0 aliphatic carbocycles. The van der Waals surface area contributed by atoms with Crippen LogP contribution in [-0.4, -0.2) is 25.4 Å². The van der Waals surface area contributed by atoms with Crippen LogP contribution in [-0.2, 0) is 9.47 Å². The number of fused-ring (bicyclic) bond motifs is 1. The predicted octanol–water partition coefficient (Wildman–Crippen LogP) is 3.67. The Morgan fingerprint density at radius 1 is 1.00 bits per heavy atom. The summed E-state index contributed by atoms with van der Waals surface area (Å²) in [5, 5.41) is 2.44. The zero-order chi connectivity index (χ0) is 15.3. The number of benzene rings is 2. The van der Waals surface area contributed by atoms with Crippen LogP contribution in [0.25, 0.3) is 10.8 Å². The zero-order valence-electron chi connectivity index (χ0n) is 13.1. The maximum Gasteiger partial charge on any atom is 0.0707 e. The molecule has 0 amide bonds. The van der Waals surface area contributed by atoms with E-state index in [4.69, 9.17) is 15.2 Å². The van der Waals surface area contributed by atoms with Crippen molar-refractivity contribution in [1.82, 2.24) is 0 Å². The molecule has 0 aliphatic heterocycles. The molecule has 1 unspecified atom stereocenters. The molecule has 1 atom stereocenters. The minimum Gasteiger partial charge on any atom is -0.377 e. The van der Waals surface area contributed by atoms with Crippen LogP contribution in [0.15, 0.2) is 42.5 Å². The van der Waals surface area contributed by atoms with Crippen LogP contribution in [0.2, 0.25) is 0 Å². The van der Waals surface area contributed by atoms with Crippen LogP contribution in [0.5, 0.6) is 0 Å². The molecule has 114 valence electrons. The molecule has 2 aromatic rings. The molecule has 2 N–H and O–H groups in total. The van der Waals surface area contributed by atoms with E-state index in [0.29, 0.717) is 19.8 Å². The van der Waals surface area contributed by atoms with E-state index in [2.05, 4.69) is 30.3 Å². The Kier molecular flexibility index (Phi) is 5.34. The number of nitrogens with two attached hydrogens (primary N) is 1. The lowest BCUT2D eigenvalue weighted by atomic mass is 10.0. The van der Waals surface area contributed by atoms with Crippen molar-refractivity contribution >= 4 is 10.8 Å². The standard InChI is InChI=1S/C18H25NO2/c1-18(2,3)21-11-10-20-13-17(19)16-9-8-14-6-4-5-7-15(14)12-16/h4-9,12,17H,10-11,13,19H2,1-3H3. The monoisotopic (exact) mass is 287 g/mol. The van der Waals surface area contributed by atoms with E-state index >= 15 is 0 Å². The highest BCUT2D eigenvalue weighted by molar-refractivity contribution is 5.83. The molecule has 0 radical (unpaired) electrons. The third-order valence-electron chi connectivity index (χ3n) is 3.26. The van der Waals surface area contributed by atoms with Gasteiger partial charge < -0.3 is 15.2 Å². The topological polar surface area (TPSA) is 44.5 Å². The molecule has 0 heterocycles. The van der Waals surface area contributed by atoms with Gasteiger partial charge in [-0.25, -0.2) is 0 Å². The van der Waals surface area contributed by atoms with Gasteiger partial charge >= 0.3 is 0 Å². The van der Waals surface area contributed by atoms with Gasteiger partial charge in [0.25, 0.3) is 0 Å². The highest BCUT2D eigenvalue weighted by atomic mass is 16.5. The molecule has 3 nitrogen and oxygen atoms in total. The average Bonchev–Trinajstić information content (AvgIpc) is 2.45. The minimum absolute atomic E-state index is 0.107. The SMILES string of the molecule is CC(C)(C)OCCOCC(N)c1ccc2ccccc2c1. The molecule has 2 aromatic carbocycles. The van der Waals surface area contributed by atoms with Crippen LogP contribution in [0, 0.1) is 0 Å². The van der Waals surface area contributed by atoms with Crippen molar-refractivity contribution in [3.8, 4) is 0 Å². The van der Waals surface area contributed by atoms with E-state index in [1.165, 1.54) is 10.8 Å². The molecular weight excluding hydrogens is 262 g/mol. The summed E-state index contributed by atoms with van der Waals surface area (Å²) in [6.45, 7) is 7.77. The molecule has 2 rings (SSSR count). The highest BCUT2D eigenvalue weighted by Gasteiger charge is 2.10. The third kappa shape index (κ3) is 5.12. The molecule has 0 aromatic heterocycles. The quantitative estimate of drug-likeness (QED) is 0.824. The molecule has 0 aliphatic rings. The Hall–Kier alpha value is -1.42. The summed E-state index contributed by atoms with van der Waals surface area (Å²) >= 11 is 0. The minimum atomic E-state index is -0.121. The van der Waals surface area contributed by atoms with Gasteiger partial charge in [-0.3, -0.25) is 0 Å². The lowest BCUT2D eigenvalue weighted by Gasteiger charge is -2.20. The van der Waals surface area contributed by atoms with E-state index in [1.807, 2.05) is 32.9 Å². The lowest BCUT2D eigenvalue weighted by Crippen LogP contribution is -2.23. The maximum atomic E-state index is 6.19. The van der Waals surface area contributed by atoms with E-state index in [1.54, 1.807) is 0 Å². The molecule has 21 heavy (non-hydrogen) atoms. The van der Waals surface area contributed by atoms with Crippen LogP contribution >= 0.6 is 0 Å². The summed E-state index contributed by atoms with van der Waals surface area (Å²) in [5.41, 5.74) is 7.17. The van der Waals surface area contributed by atoms with E-state index in [-0.39, 0.29) is 11.6 Å². The zero-order valence-corrected chi connectivity index (χ0v) is 13.1. The van der Waals surface area contributed by atoms with Gasteiger partial charge in [0.15, 0.2) is 0 Å². The Balaban J connectivity index is 1.83. The second-order valence-electron chi connectivity index (χ2n) is 6.25. The van der Waals surface area contributed by atoms with Crippen molar-refractivity contribution < 1.29 is 9.47 Å². The van der Waals surface area contributed by atoms with E-state index < -0.39 is 0 Å². The second kappa shape index (κ2) is 7.03. The van der Waals surface area contributed by atoms with Crippen molar-refractivity contribution in [3.05, 3.63) is 48.0 Å². The highest BCUT2D eigenvalue weighted by Crippen LogP contribution is 2.19. The Morgan fingerprint density at radius 2 is 1.71 bits per heavy atom. The van der Waals surface area contributed by atoms with Gasteiger partial charge in [0, 0.05) is 0 Å². The first kappa shape index (κ1) is 16.0. The molecule has 3 heteroatoms. The molecule has 0 bridgehead atoms. The molecule has 0 fully saturated rings. The van der Waals surface area contributed by atoms with E-state index in [0.717, 1.165) is 5.56 Å². The summed E-state index contributed by atoms with van der Waals surface area (Å²) in [7, 11) is 0. The van der Waals surface area contributed by atoms with Crippen LogP contribution < -0.4 is 5.73 Å². The Bertz CT molecular complexity index is 575. The fraction of sp³-hybridized carbons (Fsp3) is 0.444. The first-order valence-electron chi connectivity index (χ1n) is 7.42. The lowest BCUT2D eigenvalue weighted by molar-refractivity contribution is -0.0363. The number of hydrogen-bond donors (Lipinski definition) is 1. The summed E-state index contributed by atoms with van der Waals surface area (Å²) < 4.78 is 11.2. The van der Waals surface area contributed by atoms with Crippen molar-refractivity contribution in [1.29, 1.82) is 0 Å². The van der Waals surface area contributed by atoms with Gasteiger partial charge in [-0.05, 0) is 43.2 Å². The van der Waals surface area contributed by atoms with Gasteiger partial charge in [0.2, 0.25) is 0 Å². The normalized spacial score (nSPS) is 13.5. The van der Waals surface area contributed by atoms with Crippen molar-refractivity contribution in [2.45, 2.75) is 32.4 Å². The average molecular weight is 287 g/mol. The Morgan fingerprint density at radius 3 is 2.43 bits per heavy atom. The third-order valence-corrected chi connectivity index (χ3v) is 3.26. The largest absolute Gasteiger partial charge is 0.377 e. The number of rotatable bonds is 6. The van der Waals surface area contributed by atoms with Gasteiger partial charge in [0.05, 0.1) is 31.5 Å². The summed E-state index contributed by atoms with van der Waals surface area (Å²) in [6, 6.07) is 14.5. The summed E-state index contributed by atoms with van der Waals surface area (Å²) in [4.78, 5) is 0. The van der Waals surface area contributed by atoms with Gasteiger partial charge in [0.1, 0.15) is 0 Å². The van der Waals surface area contributed by atoms with Crippen molar-refractivity contribution in [2.24, 2.45) is 5.73 Å². The predicted molar refractivity (Wildman–Crippen MR) is 87.4 cm³/mol. The van der Waals surface area contributed by atoms with Crippen molar-refractivity contribution in [2.75, 3.05) is 19.8 Å². The second-order valence-corrected chi connectivity index (χ2v) is 6.25. The Labute approximate surface area is 127 Å². The smallest absolute Gasteiger partial charge is 0.0707 e. The fourth-order valence-electron chi connectivity index (χ4n) is 2.15. The van der Waals surface area contributed by atoms with Crippen molar-refractivity contribution in [3.63, 3.8) is 0 Å². The first-order chi connectivity index (χ1) is 9.96. The van der Waals surface area contributed by atoms with Crippen LogP contribution in [0.1, 0.15) is 32.4 Å². The number of ether oxygens (including phenoxy) is 2. The molecule has 0 saturated heterocycles. The summed E-state index contributed by atoms with van der Waals surface area (Å²) in [5.74, 6) is 0. The van der Waals surface area contributed by atoms with Gasteiger partial charge in [-0.1, -0.05) is 36.4 Å². The molecule has 0 saturated carbocycles. The van der Waals surface area contributed by atoms with Gasteiger partial charge in [-0.2, -0.15) is 0 Å². The molecule has 0 spiro atoms.